The molecule has 0 aliphatic heterocycles. The van der Waals surface area contributed by atoms with Crippen molar-refractivity contribution in [2.45, 2.75) is 26.2 Å². The van der Waals surface area contributed by atoms with E-state index in [0.717, 1.165) is 15.1 Å². The van der Waals surface area contributed by atoms with Gasteiger partial charge in [-0.2, -0.15) is 5.26 Å². The van der Waals surface area contributed by atoms with Crippen LogP contribution in [-0.2, 0) is 5.41 Å². The molecule has 0 amide bonds. The van der Waals surface area contributed by atoms with Crippen molar-refractivity contribution in [1.29, 1.82) is 5.26 Å². The summed E-state index contributed by atoms with van der Waals surface area (Å²) in [4.78, 5) is 15.5. The van der Waals surface area contributed by atoms with E-state index < -0.39 is 0 Å². The lowest BCUT2D eigenvalue weighted by Crippen LogP contribution is -2.10. The molecule has 1 N–H and O–H groups in total. The van der Waals surface area contributed by atoms with Crippen LogP contribution < -0.4 is 5.56 Å². The molecule has 2 aromatic heterocycles. The second kappa shape index (κ2) is 5.11. The molecule has 3 aromatic rings. The summed E-state index contributed by atoms with van der Waals surface area (Å²) in [6.45, 7) is 6.54. The van der Waals surface area contributed by atoms with Crippen LogP contribution in [0.5, 0.6) is 0 Å². The topological polar surface area (TPSA) is 56.6 Å². The number of rotatable bonds is 1. The fourth-order valence-corrected chi connectivity index (χ4v) is 3.53. The Morgan fingerprint density at radius 2 is 1.86 bits per heavy atom. The zero-order valence-corrected chi connectivity index (χ0v) is 13.5. The van der Waals surface area contributed by atoms with Crippen molar-refractivity contribution in [3.8, 4) is 16.5 Å². The molecular formula is C18H16N2OS. The Kier molecular flexibility index (Phi) is 3.38. The number of nitrogens with zero attached hydrogens (tertiary/aromatic N) is 1. The quantitative estimate of drug-likeness (QED) is 0.723. The highest BCUT2D eigenvalue weighted by molar-refractivity contribution is 7.22. The Morgan fingerprint density at radius 1 is 1.18 bits per heavy atom. The van der Waals surface area contributed by atoms with Crippen molar-refractivity contribution >= 4 is 21.4 Å². The van der Waals surface area contributed by atoms with Gasteiger partial charge in [-0.1, -0.05) is 45.0 Å². The molecule has 0 aliphatic rings. The maximum Gasteiger partial charge on any atom is 0.256 e. The zero-order chi connectivity index (χ0) is 15.9. The molecule has 0 unspecified atom stereocenters. The van der Waals surface area contributed by atoms with Crippen molar-refractivity contribution in [1.82, 2.24) is 4.98 Å². The third kappa shape index (κ3) is 2.44. The first-order valence-corrected chi connectivity index (χ1v) is 7.88. The average molecular weight is 308 g/mol. The van der Waals surface area contributed by atoms with E-state index in [-0.39, 0.29) is 11.0 Å². The molecule has 0 radical (unpaired) electrons. The lowest BCUT2D eigenvalue weighted by atomic mass is 9.86. The SMILES string of the molecule is CC(C)(C)c1ccc(-c2cc3c(=O)[nH]cc(C#N)c3s2)cc1. The fraction of sp³-hybridized carbons (Fsp3) is 0.222. The number of fused-ring (bicyclic) bond motifs is 1. The molecule has 2 heterocycles. The maximum atomic E-state index is 11.9. The predicted octanol–water partition coefficient (Wildman–Crippen LogP) is 4.43. The number of nitriles is 1. The molecule has 3 nitrogen and oxygen atoms in total. The minimum absolute atomic E-state index is 0.115. The van der Waals surface area contributed by atoms with Crippen molar-refractivity contribution in [2.24, 2.45) is 0 Å². The number of aromatic amines is 1. The van der Waals surface area contributed by atoms with E-state index in [1.807, 2.05) is 6.07 Å². The summed E-state index contributed by atoms with van der Waals surface area (Å²) in [6, 6.07) is 12.4. The Bertz CT molecular complexity index is 934. The monoisotopic (exact) mass is 308 g/mol. The zero-order valence-electron chi connectivity index (χ0n) is 12.7. The minimum Gasteiger partial charge on any atom is -0.327 e. The lowest BCUT2D eigenvalue weighted by Gasteiger charge is -2.18. The molecule has 0 saturated carbocycles. The van der Waals surface area contributed by atoms with Gasteiger partial charge in [0.15, 0.2) is 0 Å². The molecule has 22 heavy (non-hydrogen) atoms. The number of hydrogen-bond acceptors (Lipinski definition) is 3. The molecule has 110 valence electrons. The van der Waals surface area contributed by atoms with E-state index in [0.29, 0.717) is 10.9 Å². The predicted molar refractivity (Wildman–Crippen MR) is 91.3 cm³/mol. The molecule has 3 rings (SSSR count). The molecule has 1 aromatic carbocycles. The van der Waals surface area contributed by atoms with E-state index in [4.69, 9.17) is 5.26 Å². The summed E-state index contributed by atoms with van der Waals surface area (Å²) in [5.74, 6) is 0. The molecule has 0 bridgehead atoms. The Hall–Kier alpha value is -2.38. The van der Waals surface area contributed by atoms with Gasteiger partial charge in [-0.25, -0.2) is 0 Å². The number of aromatic nitrogens is 1. The van der Waals surface area contributed by atoms with Crippen LogP contribution in [0.4, 0.5) is 0 Å². The van der Waals surface area contributed by atoms with Crippen LogP contribution in [0.2, 0.25) is 0 Å². The van der Waals surface area contributed by atoms with E-state index in [2.05, 4.69) is 56.1 Å². The first kappa shape index (κ1) is 14.6. The van der Waals surface area contributed by atoms with Crippen molar-refractivity contribution in [3.63, 3.8) is 0 Å². The average Bonchev–Trinajstić information content (AvgIpc) is 2.93. The normalized spacial score (nSPS) is 11.5. The van der Waals surface area contributed by atoms with Gasteiger partial charge in [0.25, 0.3) is 5.56 Å². The lowest BCUT2D eigenvalue weighted by molar-refractivity contribution is 0.590. The van der Waals surface area contributed by atoms with E-state index in [9.17, 15) is 4.79 Å². The molecule has 0 fully saturated rings. The highest BCUT2D eigenvalue weighted by atomic mass is 32.1. The number of nitrogens with one attached hydrogen (secondary N) is 1. The molecular weight excluding hydrogens is 292 g/mol. The Labute approximate surface area is 132 Å². The number of benzene rings is 1. The molecule has 0 spiro atoms. The van der Waals surface area contributed by atoms with Gasteiger partial charge in [-0.3, -0.25) is 4.79 Å². The van der Waals surface area contributed by atoms with E-state index in [1.165, 1.54) is 23.1 Å². The second-order valence-electron chi connectivity index (χ2n) is 6.32. The van der Waals surface area contributed by atoms with Crippen molar-refractivity contribution in [3.05, 3.63) is 58.0 Å². The van der Waals surface area contributed by atoms with E-state index >= 15 is 0 Å². The van der Waals surface area contributed by atoms with Crippen molar-refractivity contribution in [2.75, 3.05) is 0 Å². The van der Waals surface area contributed by atoms with Gasteiger partial charge in [0, 0.05) is 11.1 Å². The van der Waals surface area contributed by atoms with Crippen LogP contribution in [0.15, 0.2) is 41.3 Å². The number of pyridine rings is 1. The standard InChI is InChI=1S/C18H16N2OS/c1-18(2,3)13-6-4-11(5-7-13)15-8-14-16(22-15)12(9-19)10-20-17(14)21/h4-8,10H,1-3H3,(H,20,21). The minimum atomic E-state index is -0.150. The van der Waals surface area contributed by atoms with Crippen molar-refractivity contribution < 1.29 is 0 Å². The van der Waals surface area contributed by atoms with Crippen LogP contribution >= 0.6 is 11.3 Å². The summed E-state index contributed by atoms with van der Waals surface area (Å²) < 4.78 is 0.751. The third-order valence-corrected chi connectivity index (χ3v) is 4.94. The summed E-state index contributed by atoms with van der Waals surface area (Å²) in [7, 11) is 0. The first-order valence-electron chi connectivity index (χ1n) is 7.06. The largest absolute Gasteiger partial charge is 0.327 e. The first-order chi connectivity index (χ1) is 10.4. The second-order valence-corrected chi connectivity index (χ2v) is 7.38. The smallest absolute Gasteiger partial charge is 0.256 e. The molecule has 0 atom stereocenters. The van der Waals surface area contributed by atoms with Crippen LogP contribution in [0.25, 0.3) is 20.5 Å². The van der Waals surface area contributed by atoms with Gasteiger partial charge in [-0.15, -0.1) is 11.3 Å². The highest BCUT2D eigenvalue weighted by Crippen LogP contribution is 2.34. The van der Waals surface area contributed by atoms with Gasteiger partial charge in [0.05, 0.1) is 15.6 Å². The number of thiophene rings is 1. The van der Waals surface area contributed by atoms with Gasteiger partial charge in [0.1, 0.15) is 6.07 Å². The van der Waals surface area contributed by atoms with Gasteiger partial charge >= 0.3 is 0 Å². The number of hydrogen-bond donors (Lipinski definition) is 1. The van der Waals surface area contributed by atoms with Crippen LogP contribution in [-0.4, -0.2) is 4.98 Å². The van der Waals surface area contributed by atoms with Crippen LogP contribution in [0.3, 0.4) is 0 Å². The highest BCUT2D eigenvalue weighted by Gasteiger charge is 2.14. The Balaban J connectivity index is 2.13. The van der Waals surface area contributed by atoms with Crippen LogP contribution in [0.1, 0.15) is 31.9 Å². The van der Waals surface area contributed by atoms with Gasteiger partial charge in [-0.05, 0) is 22.6 Å². The summed E-state index contributed by atoms with van der Waals surface area (Å²) in [6.07, 6.45) is 1.48. The Morgan fingerprint density at radius 3 is 2.45 bits per heavy atom. The molecule has 0 aliphatic carbocycles. The third-order valence-electron chi connectivity index (χ3n) is 3.72. The maximum absolute atomic E-state index is 11.9. The molecule has 4 heteroatoms. The van der Waals surface area contributed by atoms with Gasteiger partial charge in [0.2, 0.25) is 0 Å². The summed E-state index contributed by atoms with van der Waals surface area (Å²) >= 11 is 1.49. The van der Waals surface area contributed by atoms with Crippen LogP contribution in [0, 0.1) is 11.3 Å². The summed E-state index contributed by atoms with van der Waals surface area (Å²) in [5, 5.41) is 9.75. The summed E-state index contributed by atoms with van der Waals surface area (Å²) in [5.41, 5.74) is 2.81. The fourth-order valence-electron chi connectivity index (χ4n) is 2.40. The van der Waals surface area contributed by atoms with E-state index in [1.54, 1.807) is 0 Å². The van der Waals surface area contributed by atoms with Gasteiger partial charge < -0.3 is 4.98 Å². The molecule has 0 saturated heterocycles. The number of H-pyrrole nitrogens is 1.